The lowest BCUT2D eigenvalue weighted by Crippen LogP contribution is -2.17. The molecule has 0 radical (unpaired) electrons. The Morgan fingerprint density at radius 2 is 1.30 bits per heavy atom. The molecule has 0 saturated carbocycles. The average Bonchev–Trinajstić information content (AvgIpc) is 3.18. The number of hydrogen-bond donors (Lipinski definition) is 1. The Morgan fingerprint density at radius 1 is 0.681 bits per heavy atom. The van der Waals surface area contributed by atoms with Crippen LogP contribution in [0.3, 0.4) is 0 Å². The third-order valence-corrected chi connectivity index (χ3v) is 11.7. The fraction of sp³-hybridized carbons (Fsp3) is 0.571. The Morgan fingerprint density at radius 3 is 1.98 bits per heavy atom. The molecule has 0 bridgehead atoms. The third kappa shape index (κ3) is 9.76. The van der Waals surface area contributed by atoms with Crippen LogP contribution in [0.2, 0.25) is 0 Å². The minimum Gasteiger partial charge on any atom is -0.507 e. The summed E-state index contributed by atoms with van der Waals surface area (Å²) in [4.78, 5) is 0. The summed E-state index contributed by atoms with van der Waals surface area (Å²) in [6, 6.07) is 15.9. The van der Waals surface area contributed by atoms with Gasteiger partial charge >= 0.3 is 7.94 Å². The summed E-state index contributed by atoms with van der Waals surface area (Å²) in [5, 5.41) is 10.7. The SMILES string of the molecule is CCCCc1ccc2c(c1)-c1cc(CCCC)cc(CCCC)c1O[P+](CCCC)(OCCCc1cc(C)c(O)c(C(C)(C)C)c1)O2. The molecule has 1 atom stereocenters. The second-order valence-electron chi connectivity index (χ2n) is 14.6. The summed E-state index contributed by atoms with van der Waals surface area (Å²) in [5.74, 6) is 2.29. The van der Waals surface area contributed by atoms with Crippen molar-refractivity contribution in [3.05, 3.63) is 75.8 Å². The van der Waals surface area contributed by atoms with Crippen molar-refractivity contribution in [3.63, 3.8) is 0 Å². The van der Waals surface area contributed by atoms with Crippen molar-refractivity contribution in [3.8, 4) is 28.4 Å². The first-order valence-electron chi connectivity index (χ1n) is 18.6. The lowest BCUT2D eigenvalue weighted by molar-refractivity contribution is 0.238. The van der Waals surface area contributed by atoms with Crippen LogP contribution in [0.5, 0.6) is 17.2 Å². The fourth-order valence-electron chi connectivity index (χ4n) is 6.46. The quantitative estimate of drug-likeness (QED) is 0.116. The highest BCUT2D eigenvalue weighted by atomic mass is 31.2. The van der Waals surface area contributed by atoms with E-state index >= 15 is 0 Å². The van der Waals surface area contributed by atoms with Crippen LogP contribution in [0.4, 0.5) is 0 Å². The molecule has 1 aliphatic heterocycles. The minimum atomic E-state index is -2.76. The maximum Gasteiger partial charge on any atom is 0.497 e. The van der Waals surface area contributed by atoms with Crippen molar-refractivity contribution in [2.75, 3.05) is 12.8 Å². The molecule has 5 heteroatoms. The van der Waals surface area contributed by atoms with E-state index in [0.29, 0.717) is 12.4 Å². The van der Waals surface area contributed by atoms with Crippen molar-refractivity contribution in [2.24, 2.45) is 0 Å². The first-order valence-corrected chi connectivity index (χ1v) is 20.3. The van der Waals surface area contributed by atoms with Gasteiger partial charge in [0.25, 0.3) is 0 Å². The summed E-state index contributed by atoms with van der Waals surface area (Å²) in [6.07, 6.45) is 14.6. The number of fused-ring (bicyclic) bond motifs is 3. The van der Waals surface area contributed by atoms with Crippen molar-refractivity contribution in [1.29, 1.82) is 0 Å². The Hall–Kier alpha value is -2.55. The van der Waals surface area contributed by atoms with Gasteiger partial charge in [-0.15, -0.1) is 0 Å². The number of phenolic OH excluding ortho intramolecular Hbond substituents is 1. The van der Waals surface area contributed by atoms with Crippen molar-refractivity contribution in [1.82, 2.24) is 0 Å². The molecule has 0 fully saturated rings. The van der Waals surface area contributed by atoms with E-state index < -0.39 is 7.94 Å². The van der Waals surface area contributed by atoms with Crippen LogP contribution < -0.4 is 9.05 Å². The van der Waals surface area contributed by atoms with Gasteiger partial charge in [0.15, 0.2) is 17.7 Å². The molecule has 4 rings (SSSR count). The highest BCUT2D eigenvalue weighted by molar-refractivity contribution is 7.62. The van der Waals surface area contributed by atoms with Crippen LogP contribution in [-0.2, 0) is 35.6 Å². The van der Waals surface area contributed by atoms with E-state index in [9.17, 15) is 5.11 Å². The molecule has 1 N–H and O–H groups in total. The molecule has 47 heavy (non-hydrogen) atoms. The Kier molecular flexibility index (Phi) is 13.6. The van der Waals surface area contributed by atoms with Gasteiger partial charge in [0, 0.05) is 16.7 Å². The Balaban J connectivity index is 1.72. The van der Waals surface area contributed by atoms with E-state index in [1.807, 2.05) is 6.92 Å². The minimum absolute atomic E-state index is 0.123. The molecule has 0 saturated heterocycles. The summed E-state index contributed by atoms with van der Waals surface area (Å²) in [7, 11) is -2.76. The predicted octanol–water partition coefficient (Wildman–Crippen LogP) is 12.7. The second-order valence-corrected chi connectivity index (χ2v) is 16.9. The van der Waals surface area contributed by atoms with Crippen molar-refractivity contribution >= 4 is 7.94 Å². The van der Waals surface area contributed by atoms with Crippen molar-refractivity contribution in [2.45, 2.75) is 144 Å². The summed E-state index contributed by atoms with van der Waals surface area (Å²) >= 11 is 0. The van der Waals surface area contributed by atoms with E-state index in [1.54, 1.807) is 0 Å². The fourth-order valence-corrected chi connectivity index (χ4v) is 8.98. The number of unbranched alkanes of at least 4 members (excludes halogenated alkanes) is 4. The zero-order chi connectivity index (χ0) is 34.0. The van der Waals surface area contributed by atoms with Gasteiger partial charge in [0.05, 0.1) is 6.61 Å². The van der Waals surface area contributed by atoms with Crippen LogP contribution in [0.15, 0.2) is 42.5 Å². The van der Waals surface area contributed by atoms with Gasteiger partial charge in [0.1, 0.15) is 5.75 Å². The van der Waals surface area contributed by atoms with E-state index in [2.05, 4.69) is 90.9 Å². The summed E-state index contributed by atoms with van der Waals surface area (Å²) in [5.41, 5.74) is 9.41. The Labute approximate surface area is 287 Å². The number of aryl methyl sites for hydroxylation is 5. The molecule has 0 aromatic heterocycles. The maximum absolute atomic E-state index is 10.7. The normalized spacial score (nSPS) is 15.8. The lowest BCUT2D eigenvalue weighted by Gasteiger charge is -2.23. The molecule has 258 valence electrons. The van der Waals surface area contributed by atoms with Gasteiger partial charge in [-0.25, -0.2) is 0 Å². The number of hydrogen-bond acceptors (Lipinski definition) is 4. The predicted molar refractivity (Wildman–Crippen MR) is 201 cm³/mol. The smallest absolute Gasteiger partial charge is 0.497 e. The highest BCUT2D eigenvalue weighted by Crippen LogP contribution is 2.66. The van der Waals surface area contributed by atoms with E-state index in [-0.39, 0.29) is 5.41 Å². The van der Waals surface area contributed by atoms with Gasteiger partial charge in [-0.2, -0.15) is 4.52 Å². The van der Waals surface area contributed by atoms with Crippen LogP contribution in [0.25, 0.3) is 11.1 Å². The first kappa shape index (κ1) is 37.3. The van der Waals surface area contributed by atoms with Gasteiger partial charge in [0.2, 0.25) is 0 Å². The molecule has 0 amide bonds. The zero-order valence-corrected chi connectivity index (χ0v) is 31.7. The number of benzene rings is 3. The molecule has 0 spiro atoms. The second kappa shape index (κ2) is 17.2. The Bertz CT molecular complexity index is 1460. The number of rotatable bonds is 17. The van der Waals surface area contributed by atoms with Gasteiger partial charge in [-0.1, -0.05) is 98.4 Å². The molecule has 3 aromatic carbocycles. The summed E-state index contributed by atoms with van der Waals surface area (Å²) < 4.78 is 21.2. The highest BCUT2D eigenvalue weighted by Gasteiger charge is 2.51. The van der Waals surface area contributed by atoms with Crippen LogP contribution in [0, 0.1) is 6.92 Å². The van der Waals surface area contributed by atoms with Crippen LogP contribution in [-0.4, -0.2) is 17.9 Å². The van der Waals surface area contributed by atoms with Crippen LogP contribution in [0.1, 0.15) is 140 Å². The first-order chi connectivity index (χ1) is 22.5. The van der Waals surface area contributed by atoms with Crippen molar-refractivity contribution < 1.29 is 18.7 Å². The van der Waals surface area contributed by atoms with Gasteiger partial charge < -0.3 is 5.11 Å². The molecular weight excluding hydrogens is 599 g/mol. The molecule has 3 aromatic rings. The molecule has 1 heterocycles. The van der Waals surface area contributed by atoms with Crippen LogP contribution >= 0.6 is 7.94 Å². The molecular formula is C42H62O4P+. The monoisotopic (exact) mass is 661 g/mol. The standard InChI is InChI=1S/C42H61O4P/c1-9-13-18-32-22-23-39-36(28-32)37-29-34(19-14-10-2)27-35(21-15-11-3)41(37)46-47(45-39,25-16-12-4)44-24-17-20-33-26-31(5)40(43)38(30-33)42(6,7)8/h22-23,26-30H,9-21,24-25H2,1-8H3/p+1. The van der Waals surface area contributed by atoms with E-state index in [4.69, 9.17) is 13.6 Å². The van der Waals surface area contributed by atoms with Gasteiger partial charge in [-0.05, 0) is 116 Å². The topological polar surface area (TPSA) is 47.9 Å². The average molecular weight is 662 g/mol. The molecule has 4 nitrogen and oxygen atoms in total. The molecule has 1 unspecified atom stereocenters. The lowest BCUT2D eigenvalue weighted by atomic mass is 9.83. The molecule has 1 aliphatic rings. The van der Waals surface area contributed by atoms with E-state index in [0.717, 1.165) is 92.1 Å². The van der Waals surface area contributed by atoms with Gasteiger partial charge in [-0.3, -0.25) is 9.05 Å². The maximum atomic E-state index is 10.7. The largest absolute Gasteiger partial charge is 0.507 e. The summed E-state index contributed by atoms with van der Waals surface area (Å²) in [6.45, 7) is 18.0. The number of phenols is 1. The molecule has 0 aliphatic carbocycles. The van der Waals surface area contributed by atoms with E-state index in [1.165, 1.54) is 53.5 Å². The third-order valence-electron chi connectivity index (χ3n) is 9.32. The number of aromatic hydroxyl groups is 1. The zero-order valence-electron chi connectivity index (χ0n) is 30.8.